The number of hydrogen-bond donors (Lipinski definition) is 1. The Morgan fingerprint density at radius 2 is 1.89 bits per heavy atom. The Morgan fingerprint density at radius 1 is 1.18 bits per heavy atom. The molecule has 1 aliphatic rings. The van der Waals surface area contributed by atoms with Gasteiger partial charge in [-0.05, 0) is 36.1 Å². The number of thiophene rings is 1. The van der Waals surface area contributed by atoms with Gasteiger partial charge in [0, 0.05) is 31.1 Å². The number of amides is 2. The average molecular weight is 405 g/mol. The van der Waals surface area contributed by atoms with Crippen molar-refractivity contribution in [2.24, 2.45) is 0 Å². The Kier molecular flexibility index (Phi) is 7.00. The van der Waals surface area contributed by atoms with E-state index >= 15 is 0 Å². The van der Waals surface area contributed by atoms with Crippen LogP contribution in [0.5, 0.6) is 0 Å². The van der Waals surface area contributed by atoms with E-state index in [2.05, 4.69) is 5.32 Å². The predicted octanol–water partition coefficient (Wildman–Crippen LogP) is 2.87. The maximum absolute atomic E-state index is 13.3. The Balaban J connectivity index is 1.58. The summed E-state index contributed by atoms with van der Waals surface area (Å²) in [7, 11) is 0. The van der Waals surface area contributed by atoms with Gasteiger partial charge in [0.1, 0.15) is 5.82 Å². The van der Waals surface area contributed by atoms with Crippen molar-refractivity contribution < 1.29 is 18.7 Å². The Morgan fingerprint density at radius 3 is 2.50 bits per heavy atom. The minimum atomic E-state index is -0.311. The van der Waals surface area contributed by atoms with Crippen LogP contribution in [0.4, 0.5) is 9.18 Å². The quantitative estimate of drug-likeness (QED) is 0.803. The molecule has 1 fully saturated rings. The van der Waals surface area contributed by atoms with Crippen LogP contribution in [0.25, 0.3) is 0 Å². The van der Waals surface area contributed by atoms with Crippen LogP contribution in [-0.2, 0) is 9.53 Å². The summed E-state index contributed by atoms with van der Waals surface area (Å²) in [4.78, 5) is 29.1. The molecule has 2 heterocycles. The molecule has 1 atom stereocenters. The predicted molar refractivity (Wildman–Crippen MR) is 106 cm³/mol. The first-order valence-electron chi connectivity index (χ1n) is 9.29. The van der Waals surface area contributed by atoms with E-state index in [9.17, 15) is 14.0 Å². The van der Waals surface area contributed by atoms with Crippen molar-refractivity contribution in [1.29, 1.82) is 0 Å². The van der Waals surface area contributed by atoms with Crippen LogP contribution >= 0.6 is 11.3 Å². The standard InChI is InChI=1S/C20H24FN3O3S/c1-2-27-20(26)24-11-9-23(10-12-24)14-18(25)22-19(17-4-3-13-28-17)15-5-7-16(21)8-6-15/h3-8,13,19H,2,9-12,14H2,1H3,(H,22,25)/t19-/m1/s1. The molecule has 3 rings (SSSR count). The number of halogens is 1. The number of nitrogens with zero attached hydrogens (tertiary/aromatic N) is 2. The molecular weight excluding hydrogens is 381 g/mol. The van der Waals surface area contributed by atoms with Gasteiger partial charge in [0.05, 0.1) is 19.2 Å². The van der Waals surface area contributed by atoms with Crippen molar-refractivity contribution in [3.05, 3.63) is 58.0 Å². The number of carbonyl (C=O) groups is 2. The molecule has 1 saturated heterocycles. The molecule has 0 radical (unpaired) electrons. The highest BCUT2D eigenvalue weighted by Gasteiger charge is 2.24. The second-order valence-electron chi connectivity index (χ2n) is 6.53. The molecule has 1 N–H and O–H groups in total. The molecular formula is C20H24FN3O3S. The molecule has 2 aromatic rings. The fourth-order valence-electron chi connectivity index (χ4n) is 3.14. The van der Waals surface area contributed by atoms with Crippen LogP contribution in [0.2, 0.25) is 0 Å². The van der Waals surface area contributed by atoms with Gasteiger partial charge in [0.25, 0.3) is 0 Å². The number of carbonyl (C=O) groups excluding carboxylic acids is 2. The van der Waals surface area contributed by atoms with Crippen LogP contribution < -0.4 is 5.32 Å². The molecule has 28 heavy (non-hydrogen) atoms. The van der Waals surface area contributed by atoms with Crippen molar-refractivity contribution in [1.82, 2.24) is 15.1 Å². The van der Waals surface area contributed by atoms with Crippen LogP contribution in [0.15, 0.2) is 41.8 Å². The van der Waals surface area contributed by atoms with Crippen molar-refractivity contribution in [3.63, 3.8) is 0 Å². The van der Waals surface area contributed by atoms with Gasteiger partial charge in [0.15, 0.2) is 0 Å². The summed E-state index contributed by atoms with van der Waals surface area (Å²) in [6.07, 6.45) is -0.305. The number of ether oxygens (including phenoxy) is 1. The topological polar surface area (TPSA) is 61.9 Å². The number of benzene rings is 1. The maximum atomic E-state index is 13.3. The first kappa shape index (κ1) is 20.3. The van der Waals surface area contributed by atoms with Gasteiger partial charge in [-0.3, -0.25) is 9.69 Å². The van der Waals surface area contributed by atoms with Gasteiger partial charge in [0.2, 0.25) is 5.91 Å². The summed E-state index contributed by atoms with van der Waals surface area (Å²) in [6.45, 7) is 4.70. The number of piperazine rings is 1. The van der Waals surface area contributed by atoms with Crippen molar-refractivity contribution in [2.45, 2.75) is 13.0 Å². The largest absolute Gasteiger partial charge is 0.450 e. The molecule has 2 amide bonds. The van der Waals surface area contributed by atoms with Gasteiger partial charge in [-0.2, -0.15) is 0 Å². The van der Waals surface area contributed by atoms with Crippen molar-refractivity contribution in [2.75, 3.05) is 39.3 Å². The molecule has 6 nitrogen and oxygen atoms in total. The van der Waals surface area contributed by atoms with E-state index in [0.29, 0.717) is 32.8 Å². The normalized spacial score (nSPS) is 15.9. The summed E-state index contributed by atoms with van der Waals surface area (Å²) in [5, 5.41) is 5.01. The van der Waals surface area contributed by atoms with Gasteiger partial charge >= 0.3 is 6.09 Å². The fourth-order valence-corrected chi connectivity index (χ4v) is 3.95. The highest BCUT2D eigenvalue weighted by Crippen LogP contribution is 2.26. The van der Waals surface area contributed by atoms with Crippen molar-refractivity contribution >= 4 is 23.3 Å². The summed E-state index contributed by atoms with van der Waals surface area (Å²) in [6, 6.07) is 9.76. The zero-order chi connectivity index (χ0) is 19.9. The molecule has 0 unspecified atom stereocenters. The number of nitrogens with one attached hydrogen (secondary N) is 1. The third-order valence-corrected chi connectivity index (χ3v) is 5.54. The van der Waals surface area contributed by atoms with Crippen LogP contribution in [0.1, 0.15) is 23.4 Å². The minimum Gasteiger partial charge on any atom is -0.450 e. The average Bonchev–Trinajstić information content (AvgIpc) is 3.22. The molecule has 0 bridgehead atoms. The first-order valence-corrected chi connectivity index (χ1v) is 10.2. The lowest BCUT2D eigenvalue weighted by Gasteiger charge is -2.33. The van der Waals surface area contributed by atoms with Crippen LogP contribution in [0.3, 0.4) is 0 Å². The lowest BCUT2D eigenvalue weighted by molar-refractivity contribution is -0.123. The third kappa shape index (κ3) is 5.30. The lowest BCUT2D eigenvalue weighted by atomic mass is 10.1. The maximum Gasteiger partial charge on any atom is 0.409 e. The Labute approximate surface area is 167 Å². The van der Waals surface area contributed by atoms with Crippen LogP contribution in [0, 0.1) is 5.82 Å². The second kappa shape index (κ2) is 9.66. The van der Waals surface area contributed by atoms with Crippen molar-refractivity contribution in [3.8, 4) is 0 Å². The van der Waals surface area contributed by atoms with Gasteiger partial charge in [-0.1, -0.05) is 18.2 Å². The molecule has 1 aromatic carbocycles. The zero-order valence-corrected chi connectivity index (χ0v) is 16.6. The first-order chi connectivity index (χ1) is 13.6. The monoisotopic (exact) mass is 405 g/mol. The van der Waals surface area contributed by atoms with Gasteiger partial charge < -0.3 is 15.0 Å². The van der Waals surface area contributed by atoms with E-state index in [-0.39, 0.29) is 30.4 Å². The highest BCUT2D eigenvalue weighted by atomic mass is 32.1. The van der Waals surface area contributed by atoms with E-state index in [1.807, 2.05) is 22.4 Å². The SMILES string of the molecule is CCOC(=O)N1CCN(CC(=O)N[C@H](c2ccc(F)cc2)c2cccs2)CC1. The van der Waals surface area contributed by atoms with Gasteiger partial charge in [-0.15, -0.1) is 11.3 Å². The molecule has 150 valence electrons. The number of hydrogen-bond acceptors (Lipinski definition) is 5. The molecule has 8 heteroatoms. The van der Waals surface area contributed by atoms with E-state index in [1.54, 1.807) is 35.3 Å². The van der Waals surface area contributed by atoms with Gasteiger partial charge in [-0.25, -0.2) is 9.18 Å². The zero-order valence-electron chi connectivity index (χ0n) is 15.8. The Hall–Kier alpha value is -2.45. The summed E-state index contributed by atoms with van der Waals surface area (Å²) in [5.41, 5.74) is 0.837. The second-order valence-corrected chi connectivity index (χ2v) is 7.51. The minimum absolute atomic E-state index is 0.104. The number of rotatable bonds is 6. The summed E-state index contributed by atoms with van der Waals surface area (Å²) in [5.74, 6) is -0.410. The third-order valence-electron chi connectivity index (χ3n) is 4.60. The van der Waals surface area contributed by atoms with Crippen LogP contribution in [-0.4, -0.2) is 61.1 Å². The highest BCUT2D eigenvalue weighted by molar-refractivity contribution is 7.10. The summed E-state index contributed by atoms with van der Waals surface area (Å²) < 4.78 is 18.3. The molecule has 1 aliphatic heterocycles. The molecule has 0 aliphatic carbocycles. The molecule has 0 spiro atoms. The van der Waals surface area contributed by atoms with E-state index in [0.717, 1.165) is 10.4 Å². The lowest BCUT2D eigenvalue weighted by Crippen LogP contribution is -2.51. The fraction of sp³-hybridized carbons (Fsp3) is 0.400. The Bertz CT molecular complexity index is 775. The van der Waals surface area contributed by atoms with E-state index < -0.39 is 0 Å². The van der Waals surface area contributed by atoms with E-state index in [4.69, 9.17) is 4.74 Å². The molecule has 1 aromatic heterocycles. The molecule has 0 saturated carbocycles. The van der Waals surface area contributed by atoms with E-state index in [1.165, 1.54) is 12.1 Å². The summed E-state index contributed by atoms with van der Waals surface area (Å²) >= 11 is 1.55. The smallest absolute Gasteiger partial charge is 0.409 e.